The van der Waals surface area contributed by atoms with E-state index in [0.29, 0.717) is 75.3 Å². The molecule has 2 aromatic rings. The van der Waals surface area contributed by atoms with Crippen molar-refractivity contribution >= 4 is 17.5 Å². The number of nitrogen functional groups attached to an aromatic ring is 1. The highest BCUT2D eigenvalue weighted by Crippen LogP contribution is 2.34. The number of aromatic nitrogens is 2. The van der Waals surface area contributed by atoms with Crippen molar-refractivity contribution in [2.45, 2.75) is 38.7 Å². The number of hydrogen-bond donors (Lipinski definition) is 3. The number of carbonyl (C=O) groups is 1. The fourth-order valence-electron chi connectivity index (χ4n) is 4.13. The Bertz CT molecular complexity index is 1060. The van der Waals surface area contributed by atoms with Crippen LogP contribution in [0.1, 0.15) is 41.2 Å². The van der Waals surface area contributed by atoms with Crippen molar-refractivity contribution in [3.63, 3.8) is 0 Å². The quantitative estimate of drug-likeness (QED) is 0.563. The second-order valence-electron chi connectivity index (χ2n) is 8.44. The van der Waals surface area contributed by atoms with Crippen molar-refractivity contribution in [3.8, 4) is 0 Å². The standard InChI is InChI=1S/C22H28F3N7O2/c1-13(14-8-15(22(23,24)25)10-16(27)9-14)28-20-17-11-32(21(33)31-4-6-34-7-5-31)12-18(17)29-19(30-20)2-3-26/h8-10,13H,2-7,11-12,26-27H2,1H3,(H,28,29,30)/t13-/m1/s1. The molecule has 34 heavy (non-hydrogen) atoms. The molecule has 0 saturated carbocycles. The first-order valence-corrected chi connectivity index (χ1v) is 11.1. The maximum absolute atomic E-state index is 13.3. The Kier molecular flexibility index (Phi) is 6.80. The zero-order chi connectivity index (χ0) is 24.5. The van der Waals surface area contributed by atoms with E-state index in [9.17, 15) is 18.0 Å². The van der Waals surface area contributed by atoms with Crippen molar-refractivity contribution in [1.82, 2.24) is 19.8 Å². The van der Waals surface area contributed by atoms with Gasteiger partial charge in [-0.2, -0.15) is 13.2 Å². The molecule has 12 heteroatoms. The molecule has 1 atom stereocenters. The van der Waals surface area contributed by atoms with Crippen LogP contribution >= 0.6 is 0 Å². The number of nitrogens with two attached hydrogens (primary N) is 2. The minimum atomic E-state index is -4.51. The van der Waals surface area contributed by atoms with E-state index in [2.05, 4.69) is 15.3 Å². The number of fused-ring (bicyclic) bond motifs is 1. The lowest BCUT2D eigenvalue weighted by Crippen LogP contribution is -2.46. The molecule has 1 fully saturated rings. The molecule has 1 aromatic carbocycles. The van der Waals surface area contributed by atoms with Crippen LogP contribution in [-0.2, 0) is 30.4 Å². The summed E-state index contributed by atoms with van der Waals surface area (Å²) in [5.41, 5.74) is 12.5. The summed E-state index contributed by atoms with van der Waals surface area (Å²) in [7, 11) is 0. The number of nitrogens with zero attached hydrogens (tertiary/aromatic N) is 4. The van der Waals surface area contributed by atoms with Crippen LogP contribution in [0.2, 0.25) is 0 Å². The van der Waals surface area contributed by atoms with Gasteiger partial charge in [-0.15, -0.1) is 0 Å². The largest absolute Gasteiger partial charge is 0.416 e. The van der Waals surface area contributed by atoms with E-state index in [0.717, 1.165) is 17.7 Å². The highest BCUT2D eigenvalue weighted by atomic mass is 19.4. The number of nitrogens with one attached hydrogen (secondary N) is 1. The topological polar surface area (TPSA) is 123 Å². The van der Waals surface area contributed by atoms with Gasteiger partial charge in [0.05, 0.1) is 43.6 Å². The molecule has 4 rings (SSSR count). The molecule has 9 nitrogen and oxygen atoms in total. The van der Waals surface area contributed by atoms with Gasteiger partial charge >= 0.3 is 12.2 Å². The van der Waals surface area contributed by atoms with E-state index in [1.165, 1.54) is 6.07 Å². The SMILES string of the molecule is C[C@@H](Nc1nc(CCN)nc2c1CN(C(=O)N1CCOCC1)C2)c1cc(N)cc(C(F)(F)F)c1. The number of halogens is 3. The molecular formula is C22H28F3N7O2. The molecule has 0 bridgehead atoms. The molecule has 2 aliphatic rings. The smallest absolute Gasteiger partial charge is 0.399 e. The number of hydrogen-bond acceptors (Lipinski definition) is 7. The van der Waals surface area contributed by atoms with Crippen molar-refractivity contribution in [1.29, 1.82) is 0 Å². The highest BCUT2D eigenvalue weighted by Gasteiger charge is 2.33. The molecule has 0 spiro atoms. The second kappa shape index (κ2) is 9.63. The molecular weight excluding hydrogens is 451 g/mol. The van der Waals surface area contributed by atoms with Gasteiger partial charge in [-0.1, -0.05) is 0 Å². The molecule has 184 valence electrons. The third-order valence-corrected chi connectivity index (χ3v) is 5.91. The summed E-state index contributed by atoms with van der Waals surface area (Å²) in [6.07, 6.45) is -4.07. The molecule has 0 radical (unpaired) electrons. The average molecular weight is 480 g/mol. The Morgan fingerprint density at radius 1 is 1.18 bits per heavy atom. The molecule has 0 unspecified atom stereocenters. The van der Waals surface area contributed by atoms with Crippen LogP contribution in [0.4, 0.5) is 29.5 Å². The number of benzene rings is 1. The molecule has 1 aromatic heterocycles. The zero-order valence-electron chi connectivity index (χ0n) is 18.9. The van der Waals surface area contributed by atoms with Crippen LogP contribution < -0.4 is 16.8 Å². The van der Waals surface area contributed by atoms with Gasteiger partial charge < -0.3 is 31.3 Å². The minimum Gasteiger partial charge on any atom is -0.399 e. The summed E-state index contributed by atoms with van der Waals surface area (Å²) in [6, 6.07) is 2.85. The predicted molar refractivity (Wildman–Crippen MR) is 120 cm³/mol. The lowest BCUT2D eigenvalue weighted by Gasteiger charge is -2.30. The van der Waals surface area contributed by atoms with E-state index in [-0.39, 0.29) is 11.7 Å². The number of urea groups is 1. The number of rotatable bonds is 5. The molecule has 2 aliphatic heterocycles. The van der Waals surface area contributed by atoms with E-state index in [4.69, 9.17) is 16.2 Å². The summed E-state index contributed by atoms with van der Waals surface area (Å²) >= 11 is 0. The van der Waals surface area contributed by atoms with Gasteiger partial charge in [0.25, 0.3) is 0 Å². The molecule has 5 N–H and O–H groups in total. The van der Waals surface area contributed by atoms with Crippen LogP contribution in [0.3, 0.4) is 0 Å². The zero-order valence-corrected chi connectivity index (χ0v) is 18.9. The number of morpholine rings is 1. The third kappa shape index (κ3) is 5.17. The van der Waals surface area contributed by atoms with Gasteiger partial charge in [0.15, 0.2) is 0 Å². The summed E-state index contributed by atoms with van der Waals surface area (Å²) in [4.78, 5) is 25.6. The third-order valence-electron chi connectivity index (χ3n) is 5.91. The first kappa shape index (κ1) is 24.0. The minimum absolute atomic E-state index is 0.0255. The normalized spacial score (nSPS) is 17.0. The average Bonchev–Trinajstić information content (AvgIpc) is 3.23. The van der Waals surface area contributed by atoms with Crippen LogP contribution in [0.5, 0.6) is 0 Å². The van der Waals surface area contributed by atoms with E-state index >= 15 is 0 Å². The van der Waals surface area contributed by atoms with E-state index < -0.39 is 17.8 Å². The Labute approximate surface area is 195 Å². The van der Waals surface area contributed by atoms with Gasteiger partial charge in [0.1, 0.15) is 11.6 Å². The fraction of sp³-hybridized carbons (Fsp3) is 0.500. The van der Waals surface area contributed by atoms with E-state index in [1.54, 1.807) is 16.7 Å². The first-order chi connectivity index (χ1) is 16.2. The molecule has 1 saturated heterocycles. The Balaban J connectivity index is 1.60. The van der Waals surface area contributed by atoms with Crippen LogP contribution in [0, 0.1) is 0 Å². The first-order valence-electron chi connectivity index (χ1n) is 11.1. The van der Waals surface area contributed by atoms with E-state index in [1.807, 2.05) is 0 Å². The molecule has 3 heterocycles. The molecule has 2 amide bonds. The number of ether oxygens (including phenoxy) is 1. The number of carbonyl (C=O) groups excluding carboxylic acids is 1. The van der Waals surface area contributed by atoms with Crippen LogP contribution in [0.15, 0.2) is 18.2 Å². The van der Waals surface area contributed by atoms with Crippen molar-refractivity contribution in [3.05, 3.63) is 46.4 Å². The lowest BCUT2D eigenvalue weighted by molar-refractivity contribution is -0.137. The van der Waals surface area contributed by atoms with Gasteiger partial charge in [-0.05, 0) is 37.2 Å². The number of amides is 2. The lowest BCUT2D eigenvalue weighted by atomic mass is 10.0. The Hall–Kier alpha value is -3.12. The summed E-state index contributed by atoms with van der Waals surface area (Å²) in [5.74, 6) is 0.995. The summed E-state index contributed by atoms with van der Waals surface area (Å²) in [5, 5.41) is 3.22. The number of alkyl halides is 3. The number of anilines is 2. The van der Waals surface area contributed by atoms with Crippen molar-refractivity contribution in [2.24, 2.45) is 5.73 Å². The Morgan fingerprint density at radius 3 is 2.59 bits per heavy atom. The summed E-state index contributed by atoms with van der Waals surface area (Å²) < 4.78 is 45.1. The van der Waals surface area contributed by atoms with Crippen LogP contribution in [0.25, 0.3) is 0 Å². The second-order valence-corrected chi connectivity index (χ2v) is 8.44. The van der Waals surface area contributed by atoms with Crippen molar-refractivity contribution < 1.29 is 22.7 Å². The van der Waals surface area contributed by atoms with Gasteiger partial charge in [-0.25, -0.2) is 14.8 Å². The maximum Gasteiger partial charge on any atom is 0.416 e. The van der Waals surface area contributed by atoms with Gasteiger partial charge in [0, 0.05) is 30.8 Å². The van der Waals surface area contributed by atoms with Crippen LogP contribution in [-0.4, -0.2) is 58.6 Å². The van der Waals surface area contributed by atoms with Gasteiger partial charge in [-0.3, -0.25) is 0 Å². The summed E-state index contributed by atoms with van der Waals surface area (Å²) in [6.45, 7) is 4.74. The highest BCUT2D eigenvalue weighted by molar-refractivity contribution is 5.76. The Morgan fingerprint density at radius 2 is 1.91 bits per heavy atom. The van der Waals surface area contributed by atoms with Crippen molar-refractivity contribution in [2.75, 3.05) is 43.9 Å². The van der Waals surface area contributed by atoms with Gasteiger partial charge in [0.2, 0.25) is 0 Å². The predicted octanol–water partition coefficient (Wildman–Crippen LogP) is 2.52. The molecule has 0 aliphatic carbocycles. The fourth-order valence-corrected chi connectivity index (χ4v) is 4.13. The monoisotopic (exact) mass is 479 g/mol. The maximum atomic E-state index is 13.3.